The Kier molecular flexibility index (Phi) is 6.31. The van der Waals surface area contributed by atoms with Gasteiger partial charge in [-0.15, -0.1) is 0 Å². The maximum atomic E-state index is 12.3. The van der Waals surface area contributed by atoms with Crippen LogP contribution in [0.3, 0.4) is 0 Å². The lowest BCUT2D eigenvalue weighted by atomic mass is 10.2. The lowest BCUT2D eigenvalue weighted by molar-refractivity contribution is -0.119. The number of carbonyl (C=O) groups excluding carboxylic acids is 2. The van der Waals surface area contributed by atoms with Gasteiger partial charge in [0.15, 0.2) is 18.1 Å². The van der Waals surface area contributed by atoms with Crippen LogP contribution in [0, 0.1) is 0 Å². The number of rotatable bonds is 8. The van der Waals surface area contributed by atoms with Crippen molar-refractivity contribution < 1.29 is 32.6 Å². The second-order valence-electron chi connectivity index (χ2n) is 4.98. The Bertz CT molecular complexity index is 798. The predicted molar refractivity (Wildman–Crippen MR) is 88.7 cm³/mol. The van der Waals surface area contributed by atoms with Crippen LogP contribution in [0.1, 0.15) is 10.4 Å². The second-order valence-corrected chi connectivity index (χ2v) is 4.98. The van der Waals surface area contributed by atoms with Crippen molar-refractivity contribution in [3.8, 4) is 17.2 Å². The minimum Gasteiger partial charge on any atom is -0.493 e. The summed E-state index contributed by atoms with van der Waals surface area (Å²) in [4.78, 5) is 23.1. The summed E-state index contributed by atoms with van der Waals surface area (Å²) in [5.41, 5.74) is 5.58. The Morgan fingerprint density at radius 3 is 2.58 bits per heavy atom. The summed E-state index contributed by atoms with van der Waals surface area (Å²) in [6, 6.07) is 10.1. The molecule has 0 radical (unpaired) electrons. The number of benzene rings is 2. The standard InChI is InChI=1S/C17H16F2N2O5/c1-24-14-7-10(5-6-13(14)26-17(18)19)16(23)21-11-3-2-4-12(8-11)25-9-15(20)22/h2-8,17H,9H2,1H3,(H2,20,22)(H,21,23). The van der Waals surface area contributed by atoms with Gasteiger partial charge in [-0.3, -0.25) is 9.59 Å². The lowest BCUT2D eigenvalue weighted by Crippen LogP contribution is -2.20. The molecule has 9 heteroatoms. The molecule has 2 amide bonds. The molecule has 2 rings (SSSR count). The molecule has 0 unspecified atom stereocenters. The van der Waals surface area contributed by atoms with Crippen LogP contribution in [-0.2, 0) is 4.79 Å². The van der Waals surface area contributed by atoms with E-state index in [1.807, 2.05) is 0 Å². The molecule has 0 aliphatic heterocycles. The topological polar surface area (TPSA) is 99.9 Å². The monoisotopic (exact) mass is 366 g/mol. The smallest absolute Gasteiger partial charge is 0.387 e. The second kappa shape index (κ2) is 8.65. The average Bonchev–Trinajstić information content (AvgIpc) is 2.60. The van der Waals surface area contributed by atoms with Crippen molar-refractivity contribution in [2.24, 2.45) is 5.73 Å². The quantitative estimate of drug-likeness (QED) is 0.747. The number of nitrogens with two attached hydrogens (primary N) is 1. The Hall–Kier alpha value is -3.36. The van der Waals surface area contributed by atoms with Gasteiger partial charge in [-0.2, -0.15) is 8.78 Å². The van der Waals surface area contributed by atoms with E-state index in [4.69, 9.17) is 15.2 Å². The lowest BCUT2D eigenvalue weighted by Gasteiger charge is -2.12. The van der Waals surface area contributed by atoms with E-state index in [1.165, 1.54) is 31.4 Å². The van der Waals surface area contributed by atoms with Gasteiger partial charge in [-0.1, -0.05) is 6.07 Å². The third kappa shape index (κ3) is 5.33. The Morgan fingerprint density at radius 2 is 1.92 bits per heavy atom. The Labute approximate surface area is 147 Å². The fourth-order valence-electron chi connectivity index (χ4n) is 2.02. The number of hydrogen-bond donors (Lipinski definition) is 2. The van der Waals surface area contributed by atoms with E-state index in [0.717, 1.165) is 0 Å². The van der Waals surface area contributed by atoms with Crippen LogP contribution in [0.4, 0.5) is 14.5 Å². The molecule has 26 heavy (non-hydrogen) atoms. The maximum absolute atomic E-state index is 12.3. The highest BCUT2D eigenvalue weighted by Gasteiger charge is 2.14. The van der Waals surface area contributed by atoms with Crippen molar-refractivity contribution in [2.45, 2.75) is 6.61 Å². The highest BCUT2D eigenvalue weighted by atomic mass is 19.3. The molecule has 0 aromatic heterocycles. The molecule has 2 aromatic carbocycles. The van der Waals surface area contributed by atoms with Gasteiger partial charge in [0.2, 0.25) is 0 Å². The van der Waals surface area contributed by atoms with Gasteiger partial charge >= 0.3 is 6.61 Å². The largest absolute Gasteiger partial charge is 0.493 e. The summed E-state index contributed by atoms with van der Waals surface area (Å²) >= 11 is 0. The first kappa shape index (κ1) is 19.0. The Balaban J connectivity index is 2.12. The predicted octanol–water partition coefficient (Wildman–Crippen LogP) is 2.41. The highest BCUT2D eigenvalue weighted by Crippen LogP contribution is 2.30. The third-order valence-electron chi connectivity index (χ3n) is 3.11. The number of anilines is 1. The molecule has 0 fully saturated rings. The van der Waals surface area contributed by atoms with E-state index >= 15 is 0 Å². The molecule has 0 aliphatic rings. The van der Waals surface area contributed by atoms with E-state index in [0.29, 0.717) is 11.4 Å². The molecule has 2 aromatic rings. The van der Waals surface area contributed by atoms with Crippen molar-refractivity contribution >= 4 is 17.5 Å². The number of nitrogens with one attached hydrogen (secondary N) is 1. The number of carbonyl (C=O) groups is 2. The zero-order valence-corrected chi connectivity index (χ0v) is 13.7. The van der Waals surface area contributed by atoms with E-state index in [1.54, 1.807) is 18.2 Å². The van der Waals surface area contributed by atoms with Gasteiger partial charge < -0.3 is 25.3 Å². The van der Waals surface area contributed by atoms with Crippen LogP contribution in [-0.4, -0.2) is 32.1 Å². The molecular weight excluding hydrogens is 350 g/mol. The maximum Gasteiger partial charge on any atom is 0.387 e. The van der Waals surface area contributed by atoms with Crippen molar-refractivity contribution in [1.29, 1.82) is 0 Å². The van der Waals surface area contributed by atoms with Crippen LogP contribution in [0.5, 0.6) is 17.2 Å². The number of halogens is 2. The summed E-state index contributed by atoms with van der Waals surface area (Å²) in [5, 5.41) is 2.62. The Morgan fingerprint density at radius 1 is 1.15 bits per heavy atom. The molecule has 0 heterocycles. The first-order valence-corrected chi connectivity index (χ1v) is 7.34. The fraction of sp³-hybridized carbons (Fsp3) is 0.176. The third-order valence-corrected chi connectivity index (χ3v) is 3.11. The minimum absolute atomic E-state index is 0.00325. The summed E-state index contributed by atoms with van der Waals surface area (Å²) in [5.74, 6) is -0.964. The van der Waals surface area contributed by atoms with E-state index in [-0.39, 0.29) is 23.7 Å². The first-order chi connectivity index (χ1) is 12.4. The molecule has 0 aliphatic carbocycles. The number of methoxy groups -OCH3 is 1. The van der Waals surface area contributed by atoms with Crippen LogP contribution in [0.2, 0.25) is 0 Å². The van der Waals surface area contributed by atoms with Gasteiger partial charge in [0.05, 0.1) is 7.11 Å². The summed E-state index contributed by atoms with van der Waals surface area (Å²) in [6.45, 7) is -3.30. The number of hydrogen-bond acceptors (Lipinski definition) is 5. The van der Waals surface area contributed by atoms with Crippen molar-refractivity contribution in [2.75, 3.05) is 19.0 Å². The fourth-order valence-corrected chi connectivity index (χ4v) is 2.02. The molecule has 7 nitrogen and oxygen atoms in total. The van der Waals surface area contributed by atoms with Crippen LogP contribution >= 0.6 is 0 Å². The summed E-state index contributed by atoms with van der Waals surface area (Å²) in [6.07, 6.45) is 0. The SMILES string of the molecule is COc1cc(C(=O)Nc2cccc(OCC(N)=O)c2)ccc1OC(F)F. The van der Waals surface area contributed by atoms with E-state index in [9.17, 15) is 18.4 Å². The molecule has 0 atom stereocenters. The van der Waals surface area contributed by atoms with Crippen molar-refractivity contribution in [1.82, 2.24) is 0 Å². The minimum atomic E-state index is -3.01. The highest BCUT2D eigenvalue weighted by molar-refractivity contribution is 6.04. The van der Waals surface area contributed by atoms with Gasteiger partial charge in [-0.25, -0.2) is 0 Å². The average molecular weight is 366 g/mol. The molecule has 0 saturated carbocycles. The van der Waals surface area contributed by atoms with Crippen molar-refractivity contribution in [3.05, 3.63) is 48.0 Å². The summed E-state index contributed by atoms with van der Waals surface area (Å²) in [7, 11) is 1.27. The molecule has 138 valence electrons. The molecule has 0 saturated heterocycles. The van der Waals surface area contributed by atoms with Crippen LogP contribution < -0.4 is 25.3 Å². The van der Waals surface area contributed by atoms with Gasteiger partial charge in [-0.05, 0) is 30.3 Å². The van der Waals surface area contributed by atoms with Crippen LogP contribution in [0.15, 0.2) is 42.5 Å². The molecular formula is C17H16F2N2O5. The van der Waals surface area contributed by atoms with Gasteiger partial charge in [0.1, 0.15) is 5.75 Å². The number of amides is 2. The summed E-state index contributed by atoms with van der Waals surface area (Å²) < 4.78 is 39.1. The molecule has 0 spiro atoms. The van der Waals surface area contributed by atoms with Crippen LogP contribution in [0.25, 0.3) is 0 Å². The molecule has 3 N–H and O–H groups in total. The molecule has 0 bridgehead atoms. The van der Waals surface area contributed by atoms with Crippen molar-refractivity contribution in [3.63, 3.8) is 0 Å². The van der Waals surface area contributed by atoms with E-state index < -0.39 is 18.4 Å². The number of primary amides is 1. The normalized spacial score (nSPS) is 10.3. The zero-order valence-electron chi connectivity index (χ0n) is 13.7. The van der Waals surface area contributed by atoms with Gasteiger partial charge in [0.25, 0.3) is 11.8 Å². The first-order valence-electron chi connectivity index (χ1n) is 7.34. The zero-order chi connectivity index (χ0) is 19.1. The van der Waals surface area contributed by atoms with E-state index in [2.05, 4.69) is 10.1 Å². The number of ether oxygens (including phenoxy) is 3. The van der Waals surface area contributed by atoms with Gasteiger partial charge in [0, 0.05) is 17.3 Å². The number of alkyl halides is 2.